The Kier molecular flexibility index (Phi) is 5.18. The summed E-state index contributed by atoms with van der Waals surface area (Å²) in [6, 6.07) is 3.96. The van der Waals surface area contributed by atoms with Crippen LogP contribution in [0.1, 0.15) is 18.5 Å². The first-order chi connectivity index (χ1) is 10.5. The molecule has 0 aliphatic heterocycles. The molecule has 118 valence electrons. The summed E-state index contributed by atoms with van der Waals surface area (Å²) in [5.41, 5.74) is 0.983. The highest BCUT2D eigenvalue weighted by molar-refractivity contribution is 5.20. The molecule has 0 aromatic carbocycles. The van der Waals surface area contributed by atoms with E-state index in [4.69, 9.17) is 0 Å². The fourth-order valence-corrected chi connectivity index (χ4v) is 2.19. The molecule has 22 heavy (non-hydrogen) atoms. The molecule has 1 N–H and O–H groups in total. The highest BCUT2D eigenvalue weighted by atomic mass is 16.6. The van der Waals surface area contributed by atoms with Gasteiger partial charge in [0.1, 0.15) is 12.4 Å². The highest BCUT2D eigenvalue weighted by Gasteiger charge is 2.17. The van der Waals surface area contributed by atoms with Crippen LogP contribution in [0.4, 0.5) is 5.69 Å². The van der Waals surface area contributed by atoms with Crippen molar-refractivity contribution in [3.8, 4) is 0 Å². The Bertz CT molecular complexity index is 616. The van der Waals surface area contributed by atoms with Gasteiger partial charge in [-0.2, -0.15) is 5.10 Å². The molecule has 0 bridgehead atoms. The molecule has 2 aromatic heterocycles. The molecule has 0 aliphatic rings. The van der Waals surface area contributed by atoms with Gasteiger partial charge in [0.15, 0.2) is 0 Å². The molecule has 0 saturated carbocycles. The lowest BCUT2D eigenvalue weighted by Gasteiger charge is -2.27. The molecular formula is C14H19N5O3. The second-order valence-corrected chi connectivity index (χ2v) is 5.23. The van der Waals surface area contributed by atoms with Crippen molar-refractivity contribution in [2.24, 2.45) is 0 Å². The summed E-state index contributed by atoms with van der Waals surface area (Å²) in [6.45, 7) is 2.66. The van der Waals surface area contributed by atoms with Crippen molar-refractivity contribution in [2.75, 3.05) is 13.6 Å². The van der Waals surface area contributed by atoms with Crippen LogP contribution in [0.15, 0.2) is 36.9 Å². The third-order valence-electron chi connectivity index (χ3n) is 3.55. The predicted octanol–water partition coefficient (Wildman–Crippen LogP) is 1.24. The van der Waals surface area contributed by atoms with Crippen molar-refractivity contribution < 1.29 is 10.0 Å². The van der Waals surface area contributed by atoms with E-state index in [9.17, 15) is 15.2 Å². The molecule has 8 nitrogen and oxygen atoms in total. The van der Waals surface area contributed by atoms with Gasteiger partial charge in [0.05, 0.1) is 17.6 Å². The molecule has 0 amide bonds. The average molecular weight is 305 g/mol. The first-order valence-electron chi connectivity index (χ1n) is 6.92. The maximum atomic E-state index is 10.6. The number of likely N-dealkylation sites (N-methyl/N-ethyl adjacent to an activating group) is 1. The van der Waals surface area contributed by atoms with Crippen molar-refractivity contribution in [2.45, 2.75) is 25.6 Å². The zero-order valence-electron chi connectivity index (χ0n) is 12.5. The minimum Gasteiger partial charge on any atom is -0.390 e. The van der Waals surface area contributed by atoms with Crippen LogP contribution >= 0.6 is 0 Å². The van der Waals surface area contributed by atoms with Gasteiger partial charge < -0.3 is 5.11 Å². The number of rotatable bonds is 7. The molecule has 0 aliphatic carbocycles. The maximum absolute atomic E-state index is 10.6. The van der Waals surface area contributed by atoms with Crippen molar-refractivity contribution in [3.63, 3.8) is 0 Å². The largest absolute Gasteiger partial charge is 0.390 e. The Morgan fingerprint density at radius 2 is 2.27 bits per heavy atom. The van der Waals surface area contributed by atoms with E-state index in [2.05, 4.69) is 10.1 Å². The fraction of sp³-hybridized carbons (Fsp3) is 0.429. The first kappa shape index (κ1) is 16.1. The number of pyridine rings is 1. The minimum atomic E-state index is -0.677. The van der Waals surface area contributed by atoms with Gasteiger partial charge in [-0.15, -0.1) is 0 Å². The lowest BCUT2D eigenvalue weighted by molar-refractivity contribution is -0.385. The van der Waals surface area contributed by atoms with Crippen LogP contribution in [0.5, 0.6) is 0 Å². The molecule has 2 rings (SSSR count). The van der Waals surface area contributed by atoms with Gasteiger partial charge in [-0.25, -0.2) is 0 Å². The number of hydrogen-bond donors (Lipinski definition) is 1. The van der Waals surface area contributed by atoms with Gasteiger partial charge in [-0.3, -0.25) is 24.7 Å². The molecule has 0 spiro atoms. The van der Waals surface area contributed by atoms with Crippen LogP contribution in [0.25, 0.3) is 0 Å². The van der Waals surface area contributed by atoms with Crippen LogP contribution in [-0.4, -0.2) is 49.4 Å². The van der Waals surface area contributed by atoms with Gasteiger partial charge in [0, 0.05) is 25.0 Å². The summed E-state index contributed by atoms with van der Waals surface area (Å²) in [5, 5.41) is 24.6. The van der Waals surface area contributed by atoms with Crippen molar-refractivity contribution in [1.29, 1.82) is 0 Å². The van der Waals surface area contributed by atoms with Crippen molar-refractivity contribution >= 4 is 5.69 Å². The Labute approximate surface area is 128 Å². The lowest BCUT2D eigenvalue weighted by Crippen LogP contribution is -2.34. The zero-order valence-corrected chi connectivity index (χ0v) is 12.5. The summed E-state index contributed by atoms with van der Waals surface area (Å²) >= 11 is 0. The summed E-state index contributed by atoms with van der Waals surface area (Å²) in [5.74, 6) is 0. The smallest absolute Gasteiger partial charge is 0.306 e. The van der Waals surface area contributed by atoms with Crippen LogP contribution in [0.2, 0.25) is 0 Å². The molecule has 2 heterocycles. The van der Waals surface area contributed by atoms with Crippen LogP contribution in [-0.2, 0) is 6.54 Å². The summed E-state index contributed by atoms with van der Waals surface area (Å²) in [6.07, 6.45) is 5.33. The third-order valence-corrected chi connectivity index (χ3v) is 3.55. The van der Waals surface area contributed by atoms with Crippen LogP contribution in [0, 0.1) is 10.1 Å². The SMILES string of the molecule is CC(c1cccnc1)N(C)CC(O)Cn1cc([N+](=O)[O-])cn1. The lowest BCUT2D eigenvalue weighted by atomic mass is 10.1. The summed E-state index contributed by atoms with van der Waals surface area (Å²) in [7, 11) is 1.91. The number of nitrogens with zero attached hydrogens (tertiary/aromatic N) is 5. The molecule has 2 unspecified atom stereocenters. The Morgan fingerprint density at radius 3 is 2.86 bits per heavy atom. The predicted molar refractivity (Wildman–Crippen MR) is 80.2 cm³/mol. The second-order valence-electron chi connectivity index (χ2n) is 5.23. The van der Waals surface area contributed by atoms with Gasteiger partial charge in [0.25, 0.3) is 0 Å². The molecule has 0 radical (unpaired) electrons. The van der Waals surface area contributed by atoms with Crippen molar-refractivity contribution in [1.82, 2.24) is 19.7 Å². The number of hydrogen-bond acceptors (Lipinski definition) is 6. The third kappa shape index (κ3) is 4.09. The van der Waals surface area contributed by atoms with Gasteiger partial charge in [-0.1, -0.05) is 6.07 Å². The van der Waals surface area contributed by atoms with E-state index in [1.807, 2.05) is 31.0 Å². The molecule has 0 saturated heterocycles. The zero-order chi connectivity index (χ0) is 16.1. The second kappa shape index (κ2) is 7.10. The molecule has 2 atom stereocenters. The first-order valence-corrected chi connectivity index (χ1v) is 6.92. The van der Waals surface area contributed by atoms with Gasteiger partial charge in [-0.05, 0) is 25.6 Å². The minimum absolute atomic E-state index is 0.0794. The summed E-state index contributed by atoms with van der Waals surface area (Å²) < 4.78 is 1.38. The molecular weight excluding hydrogens is 286 g/mol. The monoisotopic (exact) mass is 305 g/mol. The van der Waals surface area contributed by atoms with Crippen molar-refractivity contribution in [3.05, 3.63) is 52.6 Å². The van der Waals surface area contributed by atoms with Gasteiger partial charge in [0.2, 0.25) is 0 Å². The number of aliphatic hydroxyl groups excluding tert-OH is 1. The Hall–Kier alpha value is -2.32. The van der Waals surface area contributed by atoms with E-state index in [0.29, 0.717) is 6.54 Å². The van der Waals surface area contributed by atoms with E-state index in [-0.39, 0.29) is 18.3 Å². The van der Waals surface area contributed by atoms with E-state index in [1.54, 1.807) is 12.4 Å². The average Bonchev–Trinajstić information content (AvgIpc) is 2.95. The Balaban J connectivity index is 1.90. The number of nitro groups is 1. The fourth-order valence-electron chi connectivity index (χ4n) is 2.19. The normalized spacial score (nSPS) is 14.0. The molecule has 8 heteroatoms. The summed E-state index contributed by atoms with van der Waals surface area (Å²) in [4.78, 5) is 16.2. The van der Waals surface area contributed by atoms with E-state index in [0.717, 1.165) is 5.56 Å². The number of aliphatic hydroxyl groups is 1. The molecule has 2 aromatic rings. The maximum Gasteiger partial charge on any atom is 0.306 e. The van der Waals surface area contributed by atoms with E-state index in [1.165, 1.54) is 17.1 Å². The van der Waals surface area contributed by atoms with E-state index < -0.39 is 11.0 Å². The Morgan fingerprint density at radius 1 is 1.50 bits per heavy atom. The standard InChI is InChI=1S/C14H19N5O3/c1-11(12-4-3-5-15-6-12)17(2)9-14(20)10-18-8-13(7-16-18)19(21)22/h3-8,11,14,20H,9-10H2,1-2H3. The molecule has 0 fully saturated rings. The topological polar surface area (TPSA) is 97.3 Å². The van der Waals surface area contributed by atoms with Crippen LogP contribution in [0.3, 0.4) is 0 Å². The highest BCUT2D eigenvalue weighted by Crippen LogP contribution is 2.17. The van der Waals surface area contributed by atoms with Crippen LogP contribution < -0.4 is 0 Å². The quantitative estimate of drug-likeness (QED) is 0.610. The van der Waals surface area contributed by atoms with Gasteiger partial charge >= 0.3 is 5.69 Å². The number of aromatic nitrogens is 3. The van der Waals surface area contributed by atoms with E-state index >= 15 is 0 Å².